The summed E-state index contributed by atoms with van der Waals surface area (Å²) in [7, 11) is 2.09. The third kappa shape index (κ3) is 3.42. The van der Waals surface area contributed by atoms with Crippen molar-refractivity contribution >= 4 is 5.97 Å². The lowest BCUT2D eigenvalue weighted by Gasteiger charge is -2.36. The molecule has 4 heteroatoms. The molecule has 1 aromatic carbocycles. The number of hydrogen-bond donors (Lipinski definition) is 0. The second kappa shape index (κ2) is 7.00. The van der Waals surface area contributed by atoms with Crippen molar-refractivity contribution in [2.45, 2.75) is 56.4 Å². The zero-order valence-corrected chi connectivity index (χ0v) is 13.9. The Bertz CT molecular complexity index is 537. The Morgan fingerprint density at radius 1 is 1.22 bits per heavy atom. The molecule has 3 rings (SSSR count). The fourth-order valence-corrected chi connectivity index (χ4v) is 4.03. The summed E-state index contributed by atoms with van der Waals surface area (Å²) in [5, 5.41) is 0. The average molecular weight is 319 g/mol. The van der Waals surface area contributed by atoms with Crippen molar-refractivity contribution in [3.63, 3.8) is 0 Å². The highest BCUT2D eigenvalue weighted by Gasteiger charge is 2.43. The lowest BCUT2D eigenvalue weighted by atomic mass is 9.69. The topological polar surface area (TPSA) is 29.5 Å². The number of carbonyl (C=O) groups is 1. The molecule has 1 saturated heterocycles. The van der Waals surface area contributed by atoms with Gasteiger partial charge in [-0.1, -0.05) is 31.4 Å². The maximum atomic E-state index is 13.3. The minimum atomic E-state index is -0.580. The predicted molar refractivity (Wildman–Crippen MR) is 87.8 cm³/mol. The number of esters is 1. The number of hydrogen-bond acceptors (Lipinski definition) is 3. The van der Waals surface area contributed by atoms with E-state index in [9.17, 15) is 9.18 Å². The van der Waals surface area contributed by atoms with Gasteiger partial charge in [-0.05, 0) is 57.0 Å². The maximum absolute atomic E-state index is 13.3. The van der Waals surface area contributed by atoms with Crippen molar-refractivity contribution in [2.24, 2.45) is 0 Å². The average Bonchev–Trinajstić information content (AvgIpc) is 2.99. The molecule has 0 spiro atoms. The molecule has 1 aromatic rings. The van der Waals surface area contributed by atoms with Gasteiger partial charge in [-0.3, -0.25) is 4.79 Å². The molecule has 1 heterocycles. The van der Waals surface area contributed by atoms with Gasteiger partial charge in [0.05, 0.1) is 5.41 Å². The fraction of sp³-hybridized carbons (Fsp3) is 0.632. The van der Waals surface area contributed by atoms with Gasteiger partial charge in [-0.2, -0.15) is 0 Å². The molecule has 0 unspecified atom stereocenters. The van der Waals surface area contributed by atoms with E-state index in [1.807, 2.05) is 0 Å². The summed E-state index contributed by atoms with van der Waals surface area (Å²) in [5.74, 6) is -0.384. The monoisotopic (exact) mass is 319 g/mol. The molecule has 0 N–H and O–H groups in total. The van der Waals surface area contributed by atoms with Crippen molar-refractivity contribution in [2.75, 3.05) is 20.2 Å². The number of carbonyl (C=O) groups excluding carboxylic acids is 1. The van der Waals surface area contributed by atoms with Crippen LogP contribution >= 0.6 is 0 Å². The van der Waals surface area contributed by atoms with Crippen molar-refractivity contribution in [1.82, 2.24) is 4.90 Å². The number of benzene rings is 1. The first-order chi connectivity index (χ1) is 11.1. The Balaban J connectivity index is 1.75. The van der Waals surface area contributed by atoms with Crippen LogP contribution in [-0.4, -0.2) is 37.1 Å². The second-order valence-corrected chi connectivity index (χ2v) is 7.02. The minimum absolute atomic E-state index is 0.121. The van der Waals surface area contributed by atoms with Gasteiger partial charge in [0.25, 0.3) is 0 Å². The molecule has 0 aromatic heterocycles. The summed E-state index contributed by atoms with van der Waals surface area (Å²) >= 11 is 0. The molecule has 126 valence electrons. The zero-order valence-electron chi connectivity index (χ0n) is 13.9. The van der Waals surface area contributed by atoms with Crippen molar-refractivity contribution in [3.8, 4) is 0 Å². The van der Waals surface area contributed by atoms with E-state index in [0.29, 0.717) is 12.6 Å². The van der Waals surface area contributed by atoms with E-state index >= 15 is 0 Å². The Kier molecular flexibility index (Phi) is 5.00. The highest BCUT2D eigenvalue weighted by atomic mass is 19.1. The minimum Gasteiger partial charge on any atom is -0.463 e. The van der Waals surface area contributed by atoms with Crippen LogP contribution in [0.1, 0.15) is 50.5 Å². The van der Waals surface area contributed by atoms with E-state index in [2.05, 4.69) is 11.9 Å². The fourth-order valence-electron chi connectivity index (χ4n) is 4.03. The van der Waals surface area contributed by atoms with E-state index < -0.39 is 5.41 Å². The molecule has 1 atom stereocenters. The van der Waals surface area contributed by atoms with Crippen LogP contribution in [0.15, 0.2) is 24.3 Å². The molecular formula is C19H26FNO2. The first kappa shape index (κ1) is 16.4. The first-order valence-electron chi connectivity index (χ1n) is 8.75. The molecule has 1 aliphatic carbocycles. The standard InChI is InChI=1S/C19H26FNO2/c1-21-13-5-6-17(21)14-23-18(22)19(11-3-2-4-12-19)15-7-9-16(20)10-8-15/h7-10,17H,2-6,11-14H2,1H3/t17-/m0/s1. The van der Waals surface area contributed by atoms with Crippen LogP contribution in [0.5, 0.6) is 0 Å². The van der Waals surface area contributed by atoms with Gasteiger partial charge in [-0.15, -0.1) is 0 Å². The van der Waals surface area contributed by atoms with Gasteiger partial charge in [0.1, 0.15) is 12.4 Å². The lowest BCUT2D eigenvalue weighted by Crippen LogP contribution is -2.41. The van der Waals surface area contributed by atoms with E-state index in [0.717, 1.165) is 50.6 Å². The second-order valence-electron chi connectivity index (χ2n) is 7.02. The summed E-state index contributed by atoms with van der Waals surface area (Å²) in [6.07, 6.45) is 7.07. The number of ether oxygens (including phenoxy) is 1. The van der Waals surface area contributed by atoms with E-state index in [1.54, 1.807) is 12.1 Å². The number of likely N-dealkylation sites (tertiary alicyclic amines) is 1. The maximum Gasteiger partial charge on any atom is 0.316 e. The van der Waals surface area contributed by atoms with Gasteiger partial charge in [0, 0.05) is 6.04 Å². The molecular weight excluding hydrogens is 293 g/mol. The molecule has 2 fully saturated rings. The third-order valence-corrected chi connectivity index (χ3v) is 5.57. The SMILES string of the molecule is CN1CCC[C@H]1COC(=O)C1(c2ccc(F)cc2)CCCCC1. The highest BCUT2D eigenvalue weighted by Crippen LogP contribution is 2.40. The van der Waals surface area contributed by atoms with Gasteiger partial charge in [0.2, 0.25) is 0 Å². The van der Waals surface area contributed by atoms with Crippen LogP contribution in [0.25, 0.3) is 0 Å². The van der Waals surface area contributed by atoms with E-state index in [4.69, 9.17) is 4.74 Å². The van der Waals surface area contributed by atoms with Crippen molar-refractivity contribution in [1.29, 1.82) is 0 Å². The lowest BCUT2D eigenvalue weighted by molar-refractivity contribution is -0.153. The quantitative estimate of drug-likeness (QED) is 0.793. The largest absolute Gasteiger partial charge is 0.463 e. The van der Waals surface area contributed by atoms with Crippen molar-refractivity contribution in [3.05, 3.63) is 35.6 Å². The van der Waals surface area contributed by atoms with Gasteiger partial charge >= 0.3 is 5.97 Å². The summed E-state index contributed by atoms with van der Waals surface area (Å²) in [6.45, 7) is 1.55. The van der Waals surface area contributed by atoms with Crippen LogP contribution < -0.4 is 0 Å². The molecule has 1 saturated carbocycles. The van der Waals surface area contributed by atoms with Crippen LogP contribution in [0.3, 0.4) is 0 Å². The Morgan fingerprint density at radius 3 is 2.52 bits per heavy atom. The molecule has 2 aliphatic rings. The smallest absolute Gasteiger partial charge is 0.316 e. The summed E-state index contributed by atoms with van der Waals surface area (Å²) < 4.78 is 19.0. The number of likely N-dealkylation sites (N-methyl/N-ethyl adjacent to an activating group) is 1. The van der Waals surface area contributed by atoms with Gasteiger partial charge in [-0.25, -0.2) is 4.39 Å². The first-order valence-corrected chi connectivity index (χ1v) is 8.75. The van der Waals surface area contributed by atoms with Crippen LogP contribution in [0, 0.1) is 5.82 Å². The summed E-state index contributed by atoms with van der Waals surface area (Å²) in [6, 6.07) is 6.74. The van der Waals surface area contributed by atoms with E-state index in [-0.39, 0.29) is 11.8 Å². The van der Waals surface area contributed by atoms with Crippen LogP contribution in [0.4, 0.5) is 4.39 Å². The Morgan fingerprint density at radius 2 is 1.91 bits per heavy atom. The summed E-state index contributed by atoms with van der Waals surface area (Å²) in [5.41, 5.74) is 0.326. The van der Waals surface area contributed by atoms with Crippen molar-refractivity contribution < 1.29 is 13.9 Å². The Hall–Kier alpha value is -1.42. The number of nitrogens with zero attached hydrogens (tertiary/aromatic N) is 1. The number of halogens is 1. The molecule has 0 amide bonds. The molecule has 3 nitrogen and oxygen atoms in total. The normalized spacial score (nSPS) is 24.5. The molecule has 23 heavy (non-hydrogen) atoms. The molecule has 0 bridgehead atoms. The molecule has 1 aliphatic heterocycles. The van der Waals surface area contributed by atoms with Crippen LogP contribution in [0.2, 0.25) is 0 Å². The number of rotatable bonds is 4. The van der Waals surface area contributed by atoms with Crippen LogP contribution in [-0.2, 0) is 14.9 Å². The van der Waals surface area contributed by atoms with Gasteiger partial charge < -0.3 is 9.64 Å². The Labute approximate surface area is 137 Å². The van der Waals surface area contributed by atoms with E-state index in [1.165, 1.54) is 18.6 Å². The summed E-state index contributed by atoms with van der Waals surface area (Å²) in [4.78, 5) is 15.2. The zero-order chi connectivity index (χ0) is 16.3. The van der Waals surface area contributed by atoms with Gasteiger partial charge in [0.15, 0.2) is 0 Å². The predicted octanol–water partition coefficient (Wildman–Crippen LogP) is 3.67. The highest BCUT2D eigenvalue weighted by molar-refractivity contribution is 5.83. The molecule has 0 radical (unpaired) electrons. The third-order valence-electron chi connectivity index (χ3n) is 5.57.